The fraction of sp³-hybridized carbons (Fsp3) is 0.150. The predicted octanol–water partition coefficient (Wildman–Crippen LogP) is 4.10. The lowest BCUT2D eigenvalue weighted by molar-refractivity contribution is 0.102. The molecule has 0 bridgehead atoms. The lowest BCUT2D eigenvalue weighted by Crippen LogP contribution is -2.15. The number of nitrogens with zero attached hydrogens (tertiary/aromatic N) is 2. The Hall–Kier alpha value is -3.41. The van der Waals surface area contributed by atoms with E-state index in [0.717, 1.165) is 16.8 Å². The van der Waals surface area contributed by atoms with Crippen LogP contribution in [-0.4, -0.2) is 23.0 Å². The van der Waals surface area contributed by atoms with Crippen molar-refractivity contribution in [1.82, 2.24) is 9.97 Å². The van der Waals surface area contributed by atoms with Crippen molar-refractivity contribution < 1.29 is 9.53 Å². The summed E-state index contributed by atoms with van der Waals surface area (Å²) in [5.41, 5.74) is 4.03. The molecule has 0 atom stereocenters. The van der Waals surface area contributed by atoms with Gasteiger partial charge in [-0.2, -0.15) is 0 Å². The number of ether oxygens (including phenoxy) is 1. The molecule has 1 heterocycles. The first-order chi connectivity index (χ1) is 12.6. The summed E-state index contributed by atoms with van der Waals surface area (Å²) in [6.07, 6.45) is 2.99. The van der Waals surface area contributed by atoms with Crippen LogP contribution in [0.2, 0.25) is 0 Å². The molecule has 0 aliphatic heterocycles. The van der Waals surface area contributed by atoms with E-state index in [9.17, 15) is 4.79 Å². The maximum absolute atomic E-state index is 12.4. The number of carbonyl (C=O) groups is 1. The molecule has 0 aliphatic carbocycles. The highest BCUT2D eigenvalue weighted by molar-refractivity contribution is 6.03. The third-order valence-electron chi connectivity index (χ3n) is 3.97. The van der Waals surface area contributed by atoms with Gasteiger partial charge in [-0.05, 0) is 37.1 Å². The SMILES string of the molecule is COc1ccccc1NC(=O)c1cnc(Nc2c(C)cccc2C)cn1. The Labute approximate surface area is 152 Å². The van der Waals surface area contributed by atoms with Crippen LogP contribution in [0.5, 0.6) is 5.75 Å². The van der Waals surface area contributed by atoms with Crippen molar-refractivity contribution in [3.05, 3.63) is 71.7 Å². The number of benzene rings is 2. The topological polar surface area (TPSA) is 76.1 Å². The minimum absolute atomic E-state index is 0.225. The highest BCUT2D eigenvalue weighted by Gasteiger charge is 2.12. The highest BCUT2D eigenvalue weighted by Crippen LogP contribution is 2.24. The molecule has 2 aromatic carbocycles. The standard InChI is InChI=1S/C20H20N4O2/c1-13-7-6-8-14(2)19(13)24-18-12-21-16(11-22-18)20(25)23-15-9-4-5-10-17(15)26-3/h4-12H,1-3H3,(H,22,24)(H,23,25). The van der Waals surface area contributed by atoms with Gasteiger partial charge in [-0.25, -0.2) is 9.97 Å². The van der Waals surface area contributed by atoms with Crippen molar-refractivity contribution in [2.24, 2.45) is 0 Å². The van der Waals surface area contributed by atoms with Crippen molar-refractivity contribution in [3.63, 3.8) is 0 Å². The van der Waals surface area contributed by atoms with Crippen LogP contribution in [0.25, 0.3) is 0 Å². The highest BCUT2D eigenvalue weighted by atomic mass is 16.5. The fourth-order valence-electron chi connectivity index (χ4n) is 2.58. The molecule has 3 rings (SSSR count). The summed E-state index contributed by atoms with van der Waals surface area (Å²) >= 11 is 0. The number of methoxy groups -OCH3 is 1. The molecule has 3 aromatic rings. The van der Waals surface area contributed by atoms with Crippen molar-refractivity contribution in [3.8, 4) is 5.75 Å². The van der Waals surface area contributed by atoms with E-state index in [0.29, 0.717) is 17.3 Å². The number of para-hydroxylation sites is 3. The lowest BCUT2D eigenvalue weighted by atomic mass is 10.1. The molecule has 132 valence electrons. The Bertz CT molecular complexity index is 903. The van der Waals surface area contributed by atoms with Crippen molar-refractivity contribution in [1.29, 1.82) is 0 Å². The van der Waals surface area contributed by atoms with Gasteiger partial charge in [0.2, 0.25) is 0 Å². The zero-order valence-electron chi connectivity index (χ0n) is 14.9. The molecule has 1 aromatic heterocycles. The van der Waals surface area contributed by atoms with Gasteiger partial charge in [0.1, 0.15) is 17.3 Å². The summed E-state index contributed by atoms with van der Waals surface area (Å²) in [5, 5.41) is 6.03. The molecule has 0 unspecified atom stereocenters. The quantitative estimate of drug-likeness (QED) is 0.726. The Morgan fingerprint density at radius 2 is 1.69 bits per heavy atom. The first kappa shape index (κ1) is 17.4. The smallest absolute Gasteiger partial charge is 0.275 e. The van der Waals surface area contributed by atoms with Crippen molar-refractivity contribution in [2.45, 2.75) is 13.8 Å². The second-order valence-corrected chi connectivity index (χ2v) is 5.83. The second kappa shape index (κ2) is 7.65. The third-order valence-corrected chi connectivity index (χ3v) is 3.97. The number of nitrogens with one attached hydrogen (secondary N) is 2. The Balaban J connectivity index is 1.74. The molecule has 0 radical (unpaired) electrons. The third kappa shape index (κ3) is 3.80. The molecule has 0 saturated heterocycles. The number of aromatic nitrogens is 2. The number of hydrogen-bond acceptors (Lipinski definition) is 5. The number of carbonyl (C=O) groups excluding carboxylic acids is 1. The molecule has 0 spiro atoms. The summed E-state index contributed by atoms with van der Waals surface area (Å²) in [6, 6.07) is 13.3. The summed E-state index contributed by atoms with van der Waals surface area (Å²) in [6.45, 7) is 4.05. The maximum atomic E-state index is 12.4. The number of aryl methyl sites for hydroxylation is 2. The Kier molecular flexibility index (Phi) is 5.12. The molecule has 6 nitrogen and oxygen atoms in total. The molecule has 0 saturated carbocycles. The first-order valence-corrected chi connectivity index (χ1v) is 8.18. The normalized spacial score (nSPS) is 10.3. The first-order valence-electron chi connectivity index (χ1n) is 8.18. The molecule has 0 aliphatic rings. The fourth-order valence-corrected chi connectivity index (χ4v) is 2.58. The van der Waals surface area contributed by atoms with Crippen molar-refractivity contribution in [2.75, 3.05) is 17.7 Å². The van der Waals surface area contributed by atoms with Gasteiger partial charge >= 0.3 is 0 Å². The van der Waals surface area contributed by atoms with Gasteiger partial charge in [0, 0.05) is 5.69 Å². The van der Waals surface area contributed by atoms with Crippen molar-refractivity contribution >= 4 is 23.1 Å². The van der Waals surface area contributed by atoms with Crippen LogP contribution in [0.4, 0.5) is 17.2 Å². The number of rotatable bonds is 5. The molecule has 0 fully saturated rings. The zero-order chi connectivity index (χ0) is 18.5. The van der Waals surface area contributed by atoms with Crippen LogP contribution in [-0.2, 0) is 0 Å². The predicted molar refractivity (Wildman–Crippen MR) is 102 cm³/mol. The Morgan fingerprint density at radius 3 is 2.35 bits per heavy atom. The molecule has 2 N–H and O–H groups in total. The second-order valence-electron chi connectivity index (χ2n) is 5.83. The summed E-state index contributed by atoms with van der Waals surface area (Å²) in [7, 11) is 1.55. The number of hydrogen-bond donors (Lipinski definition) is 2. The molecular weight excluding hydrogens is 328 g/mol. The lowest BCUT2D eigenvalue weighted by Gasteiger charge is -2.12. The minimum atomic E-state index is -0.347. The summed E-state index contributed by atoms with van der Waals surface area (Å²) in [5.74, 6) is 0.819. The van der Waals surface area contributed by atoms with Crippen LogP contribution in [0, 0.1) is 13.8 Å². The molecule has 26 heavy (non-hydrogen) atoms. The maximum Gasteiger partial charge on any atom is 0.275 e. The summed E-state index contributed by atoms with van der Waals surface area (Å²) < 4.78 is 5.23. The van der Waals surface area contributed by atoms with Gasteiger partial charge in [0.15, 0.2) is 0 Å². The molecular formula is C20H20N4O2. The molecule has 1 amide bonds. The van der Waals surface area contributed by atoms with Gasteiger partial charge < -0.3 is 15.4 Å². The average molecular weight is 348 g/mol. The van der Waals surface area contributed by atoms with Gasteiger partial charge in [0.25, 0.3) is 5.91 Å². The van der Waals surface area contributed by atoms with E-state index >= 15 is 0 Å². The van der Waals surface area contributed by atoms with E-state index in [1.165, 1.54) is 6.20 Å². The zero-order valence-corrected chi connectivity index (χ0v) is 14.9. The van der Waals surface area contributed by atoms with Gasteiger partial charge in [0.05, 0.1) is 25.2 Å². The van der Waals surface area contributed by atoms with Crippen LogP contribution in [0.1, 0.15) is 21.6 Å². The van der Waals surface area contributed by atoms with Crippen LogP contribution in [0.3, 0.4) is 0 Å². The molecule has 6 heteroatoms. The number of anilines is 3. The van der Waals surface area contributed by atoms with E-state index in [1.54, 1.807) is 25.4 Å². The van der Waals surface area contributed by atoms with Gasteiger partial charge in [-0.3, -0.25) is 4.79 Å². The minimum Gasteiger partial charge on any atom is -0.495 e. The van der Waals surface area contributed by atoms with Gasteiger partial charge in [-0.1, -0.05) is 30.3 Å². The average Bonchev–Trinajstić information content (AvgIpc) is 2.66. The Morgan fingerprint density at radius 1 is 0.962 bits per heavy atom. The monoisotopic (exact) mass is 348 g/mol. The number of amides is 1. The summed E-state index contributed by atoms with van der Waals surface area (Å²) in [4.78, 5) is 20.9. The van der Waals surface area contributed by atoms with Crippen LogP contribution >= 0.6 is 0 Å². The largest absolute Gasteiger partial charge is 0.495 e. The van der Waals surface area contributed by atoms with E-state index in [-0.39, 0.29) is 11.6 Å². The van der Waals surface area contributed by atoms with Gasteiger partial charge in [-0.15, -0.1) is 0 Å². The van der Waals surface area contributed by atoms with E-state index in [2.05, 4.69) is 20.6 Å². The van der Waals surface area contributed by atoms with E-state index < -0.39 is 0 Å². The van der Waals surface area contributed by atoms with Crippen LogP contribution in [0.15, 0.2) is 54.9 Å². The van der Waals surface area contributed by atoms with E-state index in [1.807, 2.05) is 44.2 Å². The van der Waals surface area contributed by atoms with Crippen LogP contribution < -0.4 is 15.4 Å². The van der Waals surface area contributed by atoms with E-state index in [4.69, 9.17) is 4.74 Å².